The summed E-state index contributed by atoms with van der Waals surface area (Å²) >= 11 is 0. The van der Waals surface area contributed by atoms with E-state index in [4.69, 9.17) is 15.7 Å². The lowest BCUT2D eigenvalue weighted by Crippen LogP contribution is -2.40. The zero-order chi connectivity index (χ0) is 23.3. The van der Waals surface area contributed by atoms with Crippen LogP contribution in [-0.4, -0.2) is 49.1 Å². The maximum atomic E-state index is 10.3. The molecule has 32 heavy (non-hydrogen) atoms. The summed E-state index contributed by atoms with van der Waals surface area (Å²) in [6, 6.07) is 10.9. The van der Waals surface area contributed by atoms with Crippen LogP contribution >= 0.6 is 0 Å². The minimum absolute atomic E-state index is 0.115. The predicted octanol–water partition coefficient (Wildman–Crippen LogP) is 2.64. The van der Waals surface area contributed by atoms with Gasteiger partial charge in [0, 0.05) is 49.9 Å². The summed E-state index contributed by atoms with van der Waals surface area (Å²) in [5.41, 5.74) is 9.43. The first-order valence-electron chi connectivity index (χ1n) is 10.3. The summed E-state index contributed by atoms with van der Waals surface area (Å²) in [4.78, 5) is 8.37. The molecule has 1 aromatic carbocycles. The second-order valence-corrected chi connectivity index (χ2v) is 7.02. The van der Waals surface area contributed by atoms with Crippen molar-refractivity contribution in [1.29, 1.82) is 5.26 Å². The van der Waals surface area contributed by atoms with Crippen LogP contribution in [0.25, 0.3) is 5.57 Å². The number of nitriles is 1. The second kappa shape index (κ2) is 12.9. The average molecular weight is 435 g/mol. The van der Waals surface area contributed by atoms with Gasteiger partial charge in [-0.3, -0.25) is 4.99 Å². The van der Waals surface area contributed by atoms with Gasteiger partial charge in [-0.1, -0.05) is 18.2 Å². The molecule has 0 saturated heterocycles. The molecule has 0 amide bonds. The third kappa shape index (κ3) is 6.94. The maximum absolute atomic E-state index is 10.3. The average Bonchev–Trinajstić information content (AvgIpc) is 2.82. The van der Waals surface area contributed by atoms with Gasteiger partial charge in [-0.25, -0.2) is 4.98 Å². The van der Waals surface area contributed by atoms with Crippen molar-refractivity contribution in [2.75, 3.05) is 32.0 Å². The van der Waals surface area contributed by atoms with E-state index in [0.717, 1.165) is 22.4 Å². The summed E-state index contributed by atoms with van der Waals surface area (Å²) in [5, 5.41) is 25.7. The molecule has 5 N–H and O–H groups in total. The van der Waals surface area contributed by atoms with E-state index in [1.54, 1.807) is 49.8 Å². The molecule has 3 rings (SSSR count). The van der Waals surface area contributed by atoms with E-state index in [9.17, 15) is 5.11 Å². The molecule has 0 bridgehead atoms. The topological polar surface area (TPSA) is 129 Å². The summed E-state index contributed by atoms with van der Waals surface area (Å²) in [7, 11) is 1.69. The molecule has 0 spiro atoms. The first-order chi connectivity index (χ1) is 15.6. The summed E-state index contributed by atoms with van der Waals surface area (Å²) in [5.74, 6) is 0.532. The van der Waals surface area contributed by atoms with Gasteiger partial charge in [0.25, 0.3) is 0 Å². The van der Waals surface area contributed by atoms with Crippen molar-refractivity contribution in [3.8, 4) is 11.9 Å². The Morgan fingerprint density at radius 3 is 2.84 bits per heavy atom. The lowest BCUT2D eigenvalue weighted by molar-refractivity contribution is 0.156. The number of allylic oxidation sites excluding steroid dienone is 2. The monoisotopic (exact) mass is 434 g/mol. The molecule has 2 atom stereocenters. The number of nitrogens with one attached hydrogen (secondary N) is 2. The molecular formula is C24H30N6O2. The minimum atomic E-state index is -0.658. The number of nitrogens with zero attached hydrogens (tertiary/aromatic N) is 3. The minimum Gasteiger partial charge on any atom is -0.470 e. The number of anilines is 1. The van der Waals surface area contributed by atoms with E-state index in [-0.39, 0.29) is 6.10 Å². The Labute approximate surface area is 189 Å². The van der Waals surface area contributed by atoms with Crippen molar-refractivity contribution in [1.82, 2.24) is 10.3 Å². The highest BCUT2D eigenvalue weighted by Gasteiger charge is 2.21. The Kier molecular flexibility index (Phi) is 9.91. The number of hydrogen-bond acceptors (Lipinski definition) is 8. The first kappa shape index (κ1) is 24.6. The van der Waals surface area contributed by atoms with E-state index in [1.165, 1.54) is 6.20 Å². The van der Waals surface area contributed by atoms with Crippen LogP contribution in [0, 0.1) is 11.3 Å². The summed E-state index contributed by atoms with van der Waals surface area (Å²) in [6.45, 7) is 6.80. The Balaban J connectivity index is 0.00000114. The second-order valence-electron chi connectivity index (χ2n) is 7.02. The number of hydrogen-bond donors (Lipinski definition) is 4. The summed E-state index contributed by atoms with van der Waals surface area (Å²) < 4.78 is 5.94. The molecule has 2 heterocycles. The van der Waals surface area contributed by atoms with E-state index in [0.29, 0.717) is 31.1 Å². The van der Waals surface area contributed by atoms with Crippen LogP contribution in [0.3, 0.4) is 0 Å². The molecule has 1 aromatic heterocycles. The van der Waals surface area contributed by atoms with Gasteiger partial charge < -0.3 is 26.2 Å². The Morgan fingerprint density at radius 1 is 1.50 bits per heavy atom. The van der Waals surface area contributed by atoms with Crippen LogP contribution in [0.15, 0.2) is 60.4 Å². The van der Waals surface area contributed by atoms with Gasteiger partial charge in [0.2, 0.25) is 5.88 Å². The van der Waals surface area contributed by atoms with Gasteiger partial charge in [0.15, 0.2) is 0 Å². The van der Waals surface area contributed by atoms with E-state index in [2.05, 4.69) is 33.3 Å². The van der Waals surface area contributed by atoms with Crippen molar-refractivity contribution < 1.29 is 9.84 Å². The Hall–Kier alpha value is -3.67. The Morgan fingerprint density at radius 2 is 2.22 bits per heavy atom. The number of aliphatic imine (C=N–C) groups is 1. The summed E-state index contributed by atoms with van der Waals surface area (Å²) in [6.07, 6.45) is 5.85. The molecule has 1 aliphatic heterocycles. The van der Waals surface area contributed by atoms with Gasteiger partial charge in [-0.15, -0.1) is 6.58 Å². The number of fused-ring (bicyclic) bond motifs is 1. The molecule has 0 fully saturated rings. The largest absolute Gasteiger partial charge is 0.470 e. The molecule has 0 saturated carbocycles. The standard InChI is InChI=1S/C21H24N6O2.C3H6/c1-24-9-17(8-23)16-6-19-21(27-10-16)29-18(12-26-19)11-25-13-20(28)15-4-2-14(7-22)3-5-15;1-3-2/h2-6,8-10,18,20,25-26,28H,11-13,23H2,1H3;3H,1H2,2H3/b17-8+,24-9?;. The third-order valence-electron chi connectivity index (χ3n) is 4.56. The highest BCUT2D eigenvalue weighted by atomic mass is 16.5. The van der Waals surface area contributed by atoms with Gasteiger partial charge in [0.05, 0.1) is 30.0 Å². The predicted molar refractivity (Wildman–Crippen MR) is 129 cm³/mol. The third-order valence-corrected chi connectivity index (χ3v) is 4.56. The lowest BCUT2D eigenvalue weighted by Gasteiger charge is -2.27. The highest BCUT2D eigenvalue weighted by Crippen LogP contribution is 2.29. The molecule has 2 aromatic rings. The van der Waals surface area contributed by atoms with Gasteiger partial charge in [-0.05, 0) is 30.7 Å². The molecule has 8 nitrogen and oxygen atoms in total. The number of ether oxygens (including phenoxy) is 1. The van der Waals surface area contributed by atoms with Crippen LogP contribution in [0.4, 0.5) is 5.69 Å². The number of aromatic nitrogens is 1. The normalized spacial score (nSPS) is 15.9. The molecule has 168 valence electrons. The van der Waals surface area contributed by atoms with Crippen molar-refractivity contribution in [3.05, 3.63) is 72.1 Å². The van der Waals surface area contributed by atoms with E-state index < -0.39 is 6.10 Å². The van der Waals surface area contributed by atoms with Gasteiger partial charge in [0.1, 0.15) is 6.10 Å². The number of pyridine rings is 1. The van der Waals surface area contributed by atoms with Crippen molar-refractivity contribution in [3.63, 3.8) is 0 Å². The highest BCUT2D eigenvalue weighted by molar-refractivity contribution is 6.09. The fraction of sp³-hybridized carbons (Fsp3) is 0.292. The number of aliphatic hydroxyl groups excluding tert-OH is 1. The Bertz CT molecular complexity index is 979. The zero-order valence-corrected chi connectivity index (χ0v) is 18.5. The van der Waals surface area contributed by atoms with Gasteiger partial charge in [-0.2, -0.15) is 5.26 Å². The van der Waals surface area contributed by atoms with Gasteiger partial charge >= 0.3 is 0 Å². The fourth-order valence-electron chi connectivity index (χ4n) is 3.00. The first-order valence-corrected chi connectivity index (χ1v) is 10.3. The SMILES string of the molecule is C=CC.CN=C/C(=C\N)c1cnc2c(c1)NCC(CNCC(O)c1ccc(C#N)cc1)O2. The number of rotatable bonds is 7. The van der Waals surface area contributed by atoms with E-state index in [1.807, 2.05) is 13.0 Å². The number of aliphatic hydroxyl groups is 1. The molecule has 8 heteroatoms. The number of benzene rings is 1. The molecule has 0 aliphatic carbocycles. The quantitative estimate of drug-likeness (QED) is 0.389. The molecule has 2 unspecified atom stereocenters. The molecular weight excluding hydrogens is 404 g/mol. The van der Waals surface area contributed by atoms with Crippen molar-refractivity contribution >= 4 is 17.5 Å². The van der Waals surface area contributed by atoms with Crippen molar-refractivity contribution in [2.24, 2.45) is 10.7 Å². The van der Waals surface area contributed by atoms with Crippen LogP contribution in [0.1, 0.15) is 29.7 Å². The maximum Gasteiger partial charge on any atom is 0.237 e. The van der Waals surface area contributed by atoms with Crippen LogP contribution in [0.5, 0.6) is 5.88 Å². The van der Waals surface area contributed by atoms with Crippen molar-refractivity contribution in [2.45, 2.75) is 19.1 Å². The lowest BCUT2D eigenvalue weighted by atomic mass is 10.1. The molecule has 1 aliphatic rings. The van der Waals surface area contributed by atoms with Crippen LogP contribution in [-0.2, 0) is 0 Å². The fourth-order valence-corrected chi connectivity index (χ4v) is 3.00. The molecule has 0 radical (unpaired) electrons. The van der Waals surface area contributed by atoms with E-state index >= 15 is 0 Å². The number of nitrogens with two attached hydrogens (primary N) is 1. The zero-order valence-electron chi connectivity index (χ0n) is 18.5. The van der Waals surface area contributed by atoms with Crippen LogP contribution < -0.4 is 21.1 Å². The smallest absolute Gasteiger partial charge is 0.237 e. The van der Waals surface area contributed by atoms with Crippen LogP contribution in [0.2, 0.25) is 0 Å².